The maximum Gasteiger partial charge on any atom is 0.165 e. The minimum absolute atomic E-state index is 0.0136. The lowest BCUT2D eigenvalue weighted by Gasteiger charge is -2.48. The highest BCUT2D eigenvalue weighted by Gasteiger charge is 2.50. The molecule has 0 atom stereocenters. The van der Waals surface area contributed by atoms with E-state index in [2.05, 4.69) is 295 Å². The predicted molar refractivity (Wildman–Crippen MR) is 569 cm³/mol. The van der Waals surface area contributed by atoms with Crippen molar-refractivity contribution in [2.75, 3.05) is 0 Å². The summed E-state index contributed by atoms with van der Waals surface area (Å²) >= 11 is 5.55. The van der Waals surface area contributed by atoms with Gasteiger partial charge in [0.2, 0.25) is 0 Å². The molecule has 0 saturated heterocycles. The fraction of sp³-hybridized carbons (Fsp3) is 0.146. The van der Waals surface area contributed by atoms with Crippen molar-refractivity contribution in [1.82, 2.24) is 44.9 Å². The number of furan rings is 1. The average Bonchev–Trinajstić information content (AvgIpc) is 1.36. The molecule has 3 aliphatic carbocycles. The fourth-order valence-corrected chi connectivity index (χ4v) is 25.3. The molecule has 0 aliphatic heterocycles. The van der Waals surface area contributed by atoms with Gasteiger partial charge in [0, 0.05) is 138 Å². The van der Waals surface area contributed by atoms with Crippen molar-refractivity contribution in [3.63, 3.8) is 0 Å². The van der Waals surface area contributed by atoms with Crippen LogP contribution in [-0.2, 0) is 32.5 Å². The second-order valence-corrected chi connectivity index (χ2v) is 42.5. The minimum atomic E-state index is -0.118. The third kappa shape index (κ3) is 13.2. The SMILES string of the molecule is CC1(C)c2ccccc2-c2c(ccc3c2sc2cc(-c4nc(-c5ccccc5)nc(-c5ccccc5)n4)ccc23)C1(C)C.CC1(C)c2ccccc2-c2ccc3sc4c(-c5nc(-c6ccccc6)nc(-c6cccc7oc8ccccc8c67)n5)cccc4c3c2C1(C)C.CC1(C)c2ccccc2-c2ccc3sc4c(-c5nc(-c6ccccc6)nc(-c6ccccc6)n5)cccc4c3c2C1(C)C. The summed E-state index contributed by atoms with van der Waals surface area (Å²) in [6.07, 6.45) is 0. The highest BCUT2D eigenvalue weighted by molar-refractivity contribution is 7.27. The molecule has 0 N–H and O–H groups in total. The Bertz CT molecular complexity index is 8680. The Morgan fingerprint density at radius 3 is 0.978 bits per heavy atom. The van der Waals surface area contributed by atoms with Crippen LogP contribution in [0, 0.1) is 0 Å². The van der Waals surface area contributed by atoms with Crippen LogP contribution in [0.25, 0.3) is 218 Å². The van der Waals surface area contributed by atoms with E-state index in [1.807, 2.05) is 180 Å². The van der Waals surface area contributed by atoms with Gasteiger partial charge >= 0.3 is 0 Å². The lowest BCUT2D eigenvalue weighted by atomic mass is 9.55. The van der Waals surface area contributed by atoms with Crippen molar-refractivity contribution in [1.29, 1.82) is 0 Å². The van der Waals surface area contributed by atoms with E-state index in [-0.39, 0.29) is 32.5 Å². The number of hydrogen-bond acceptors (Lipinski definition) is 13. The molecule has 0 unspecified atom stereocenters. The van der Waals surface area contributed by atoms with Gasteiger partial charge in [-0.1, -0.05) is 399 Å². The van der Waals surface area contributed by atoms with E-state index in [1.165, 1.54) is 127 Å². The van der Waals surface area contributed by atoms with Crippen LogP contribution >= 0.6 is 34.0 Å². The van der Waals surface area contributed by atoms with Crippen molar-refractivity contribution in [2.24, 2.45) is 0 Å². The number of benzene rings is 16. The van der Waals surface area contributed by atoms with E-state index in [0.29, 0.717) is 52.4 Å². The Morgan fingerprint density at radius 2 is 0.515 bits per heavy atom. The van der Waals surface area contributed by atoms with Crippen LogP contribution in [0.4, 0.5) is 0 Å². The van der Waals surface area contributed by atoms with Crippen molar-refractivity contribution >= 4 is 116 Å². The van der Waals surface area contributed by atoms with Crippen molar-refractivity contribution in [2.45, 2.75) is 116 Å². The first-order chi connectivity index (χ1) is 66.0. The monoisotopic (exact) mass is 1810 g/mol. The van der Waals surface area contributed by atoms with Gasteiger partial charge in [-0.3, -0.25) is 0 Å². The first-order valence-corrected chi connectivity index (χ1v) is 49.2. The van der Waals surface area contributed by atoms with Crippen LogP contribution < -0.4 is 0 Å². The van der Waals surface area contributed by atoms with Crippen LogP contribution in [0.1, 0.15) is 116 Å². The number of hydrogen-bond donors (Lipinski definition) is 0. The summed E-state index contributed by atoms with van der Waals surface area (Å²) in [5, 5.41) is 9.83. The molecule has 0 saturated carbocycles. The van der Waals surface area contributed by atoms with Crippen LogP contribution in [0.2, 0.25) is 0 Å². The van der Waals surface area contributed by atoms with Gasteiger partial charge < -0.3 is 4.42 Å². The van der Waals surface area contributed by atoms with Crippen molar-refractivity contribution < 1.29 is 4.42 Å². The summed E-state index contributed by atoms with van der Waals surface area (Å²) in [6, 6.07) is 126. The molecule has 10 nitrogen and oxygen atoms in total. The molecule has 16 aromatic carbocycles. The second-order valence-electron chi connectivity index (χ2n) is 39.4. The highest BCUT2D eigenvalue weighted by Crippen LogP contribution is 2.62. The zero-order chi connectivity index (χ0) is 92.5. The molecule has 0 fully saturated rings. The third-order valence-corrected chi connectivity index (χ3v) is 34.3. The molecule has 0 radical (unpaired) electrons. The molecule has 3 aliphatic rings. The summed E-state index contributed by atoms with van der Waals surface area (Å²) in [7, 11) is 0. The molecule has 0 bridgehead atoms. The second kappa shape index (κ2) is 31.9. The number of para-hydroxylation sites is 1. The molecule has 13 heteroatoms. The van der Waals surface area contributed by atoms with Gasteiger partial charge in [-0.25, -0.2) is 44.9 Å². The van der Waals surface area contributed by atoms with E-state index >= 15 is 0 Å². The first kappa shape index (κ1) is 84.0. The number of nitrogens with zero attached hydrogens (tertiary/aromatic N) is 9. The molecule has 7 aromatic heterocycles. The Morgan fingerprint density at radius 1 is 0.191 bits per heavy atom. The number of fused-ring (bicyclic) bond motifs is 24. The Labute approximate surface area is 802 Å². The number of thiophene rings is 3. The molecular formula is C123H95N9OS3. The zero-order valence-corrected chi connectivity index (χ0v) is 80.2. The predicted octanol–water partition coefficient (Wildman–Crippen LogP) is 33.3. The molecule has 7 heterocycles. The summed E-state index contributed by atoms with van der Waals surface area (Å²) in [4.78, 5) is 45.5. The van der Waals surface area contributed by atoms with E-state index in [0.717, 1.165) is 72.0 Å². The number of rotatable bonds is 9. The van der Waals surface area contributed by atoms with E-state index in [9.17, 15) is 0 Å². The lowest BCUT2D eigenvalue weighted by Crippen LogP contribution is -2.43. The highest BCUT2D eigenvalue weighted by atomic mass is 32.1. The Balaban J connectivity index is 0.000000112. The smallest absolute Gasteiger partial charge is 0.165 e. The zero-order valence-electron chi connectivity index (χ0n) is 77.7. The first-order valence-electron chi connectivity index (χ1n) is 46.7. The van der Waals surface area contributed by atoms with E-state index in [1.54, 1.807) is 0 Å². The van der Waals surface area contributed by atoms with Gasteiger partial charge in [0.1, 0.15) is 11.2 Å². The maximum absolute atomic E-state index is 6.26. The van der Waals surface area contributed by atoms with E-state index < -0.39 is 0 Å². The van der Waals surface area contributed by atoms with E-state index in [4.69, 9.17) is 49.3 Å². The van der Waals surface area contributed by atoms with Gasteiger partial charge in [-0.15, -0.1) is 34.0 Å². The average molecular weight is 1810 g/mol. The van der Waals surface area contributed by atoms with Crippen LogP contribution in [0.5, 0.6) is 0 Å². The summed E-state index contributed by atoms with van der Waals surface area (Å²) in [5.74, 6) is 6.03. The Kier molecular flexibility index (Phi) is 19.7. The molecular weight excluding hydrogens is 1720 g/mol. The van der Waals surface area contributed by atoms with Gasteiger partial charge in [0.25, 0.3) is 0 Å². The normalized spacial score (nSPS) is 14.8. The topological polar surface area (TPSA) is 129 Å². The molecule has 26 rings (SSSR count). The van der Waals surface area contributed by atoms with Crippen molar-refractivity contribution in [3.05, 3.63) is 391 Å². The van der Waals surface area contributed by atoms with Crippen LogP contribution in [0.15, 0.2) is 362 Å². The van der Waals surface area contributed by atoms with Crippen molar-refractivity contribution in [3.8, 4) is 136 Å². The van der Waals surface area contributed by atoms with Gasteiger partial charge in [-0.05, 0) is 125 Å². The van der Waals surface area contributed by atoms with Gasteiger partial charge in [-0.2, -0.15) is 0 Å². The fourth-order valence-electron chi connectivity index (χ4n) is 21.6. The van der Waals surface area contributed by atoms with Crippen LogP contribution in [0.3, 0.4) is 0 Å². The van der Waals surface area contributed by atoms with Gasteiger partial charge in [0.05, 0.1) is 0 Å². The van der Waals surface area contributed by atoms with Crippen LogP contribution in [-0.4, -0.2) is 44.9 Å². The maximum atomic E-state index is 6.26. The quantitative estimate of drug-likeness (QED) is 0.138. The number of aromatic nitrogens is 9. The third-order valence-electron chi connectivity index (χ3n) is 30.7. The molecule has 656 valence electrons. The molecule has 136 heavy (non-hydrogen) atoms. The minimum Gasteiger partial charge on any atom is -0.456 e. The molecule has 0 amide bonds. The summed E-state index contributed by atoms with van der Waals surface area (Å²) in [6.45, 7) is 28.8. The largest absolute Gasteiger partial charge is 0.456 e. The molecule has 23 aromatic rings. The lowest BCUT2D eigenvalue weighted by molar-refractivity contribution is 0.299. The molecule has 0 spiro atoms. The Hall–Kier alpha value is -15.0. The summed E-state index contributed by atoms with van der Waals surface area (Å²) < 4.78 is 13.8. The standard InChI is InChI=1S/C45H33N3OS.2C39H31N3S/c1-44(2)33-21-10-8-16-27(33)28-24-25-36-38(39(28)45(44,3)4)30-18-12-20-32(40(30)50-36)43-47-41(26-14-6-5-7-15-26)46-42(48-43)31-19-13-23-35-37(31)29-17-9-11-22-34(29)49-35;1-38(2)30-21-12-11-18-26(30)27-22-23-31-32(33(27)39(38,3)4)28-19-13-20-29(34(28)43-31)37-41-35(24-14-7-5-8-15-24)40-36(42-37)25-16-9-6-10-17-25;1-38(2)30-18-12-11-17-29(30)33-31(39(38,3)4)22-21-28-27-20-19-26(23-32(27)43-34(28)33)37-41-35(24-13-7-5-8-14-24)40-36(42-37)25-15-9-6-10-16-25/h5-25H,1-4H3;2*5-23H,1-4H3. The van der Waals surface area contributed by atoms with Gasteiger partial charge in [0.15, 0.2) is 52.4 Å². The summed E-state index contributed by atoms with van der Waals surface area (Å²) in [5.41, 5.74) is 26.8.